The Morgan fingerprint density at radius 2 is 1.70 bits per heavy atom. The van der Waals surface area contributed by atoms with Gasteiger partial charge in [0.25, 0.3) is 5.69 Å². The summed E-state index contributed by atoms with van der Waals surface area (Å²) in [5, 5.41) is 24.8. The van der Waals surface area contributed by atoms with Gasteiger partial charge in [-0.3, -0.25) is 35.9 Å². The van der Waals surface area contributed by atoms with E-state index in [-0.39, 0.29) is 29.8 Å². The van der Waals surface area contributed by atoms with Crippen molar-refractivity contribution in [3.8, 4) is 0 Å². The number of hydrogen-bond donors (Lipinski definition) is 3. The summed E-state index contributed by atoms with van der Waals surface area (Å²) in [4.78, 5) is 40.4. The second-order valence-corrected chi connectivity index (χ2v) is 5.75. The number of non-ortho nitro benzene ring substituents is 1. The van der Waals surface area contributed by atoms with Crippen LogP contribution in [-0.4, -0.2) is 31.8 Å². The first-order valence-electron chi connectivity index (χ1n) is 7.82. The molecule has 0 bridgehead atoms. The number of anilines is 2. The van der Waals surface area contributed by atoms with Crippen molar-refractivity contribution in [1.29, 1.82) is 0 Å². The standard InChI is InChI=1S/C15H17N7O5/c1-9(2)18-14-13(22(26)27)15(17-8-16-14)20-19-12(23)7-10-3-5-11(6-4-10)21(24)25/h3-6,8-9H,7H2,1-2H3,(H,19,23)(H2,16,17,18,20). The lowest BCUT2D eigenvalue weighted by Gasteiger charge is -2.12. The van der Waals surface area contributed by atoms with Crippen LogP contribution in [0.15, 0.2) is 30.6 Å². The van der Waals surface area contributed by atoms with Crippen LogP contribution in [0.2, 0.25) is 0 Å². The van der Waals surface area contributed by atoms with Crippen LogP contribution in [0.25, 0.3) is 0 Å². The second-order valence-electron chi connectivity index (χ2n) is 5.75. The quantitative estimate of drug-likeness (QED) is 0.460. The van der Waals surface area contributed by atoms with Gasteiger partial charge in [-0.1, -0.05) is 12.1 Å². The van der Waals surface area contributed by atoms with Crippen molar-refractivity contribution in [1.82, 2.24) is 15.4 Å². The Hall–Kier alpha value is -3.83. The Balaban J connectivity index is 2.06. The third kappa shape index (κ3) is 5.32. The lowest BCUT2D eigenvalue weighted by Crippen LogP contribution is -2.31. The largest absolute Gasteiger partial charge is 0.362 e. The number of carbonyl (C=O) groups is 1. The molecule has 0 atom stereocenters. The summed E-state index contributed by atoms with van der Waals surface area (Å²) in [6.45, 7) is 3.59. The number of nitrogens with zero attached hydrogens (tertiary/aromatic N) is 4. The number of hydrazine groups is 1. The van der Waals surface area contributed by atoms with Gasteiger partial charge in [0.2, 0.25) is 17.5 Å². The maximum Gasteiger partial charge on any atom is 0.354 e. The van der Waals surface area contributed by atoms with Crippen LogP contribution in [0.5, 0.6) is 0 Å². The average Bonchev–Trinajstić information content (AvgIpc) is 2.59. The van der Waals surface area contributed by atoms with Crippen molar-refractivity contribution < 1.29 is 14.6 Å². The number of benzene rings is 1. The van der Waals surface area contributed by atoms with E-state index in [0.29, 0.717) is 5.56 Å². The summed E-state index contributed by atoms with van der Waals surface area (Å²) in [6.07, 6.45) is 1.05. The van der Waals surface area contributed by atoms with E-state index in [1.807, 2.05) is 0 Å². The molecule has 1 aromatic carbocycles. The Bertz CT molecular complexity index is 854. The van der Waals surface area contributed by atoms with Crippen LogP contribution in [-0.2, 0) is 11.2 Å². The fraction of sp³-hybridized carbons (Fsp3) is 0.267. The Morgan fingerprint density at radius 1 is 1.07 bits per heavy atom. The van der Waals surface area contributed by atoms with Crippen LogP contribution in [0.3, 0.4) is 0 Å². The topological polar surface area (TPSA) is 165 Å². The molecule has 27 heavy (non-hydrogen) atoms. The SMILES string of the molecule is CC(C)Nc1ncnc(NNC(=O)Cc2ccc([N+](=O)[O-])cc2)c1[N+](=O)[O-]. The molecule has 2 rings (SSSR count). The van der Waals surface area contributed by atoms with Gasteiger partial charge in [-0.15, -0.1) is 0 Å². The lowest BCUT2D eigenvalue weighted by molar-refractivity contribution is -0.384. The zero-order chi connectivity index (χ0) is 20.0. The molecule has 0 radical (unpaired) electrons. The van der Waals surface area contributed by atoms with Crippen molar-refractivity contribution >= 4 is 28.9 Å². The van der Waals surface area contributed by atoms with E-state index in [0.717, 1.165) is 6.33 Å². The van der Waals surface area contributed by atoms with Crippen LogP contribution in [0.4, 0.5) is 23.0 Å². The number of hydrogen-bond acceptors (Lipinski definition) is 9. The highest BCUT2D eigenvalue weighted by molar-refractivity contribution is 5.81. The van der Waals surface area contributed by atoms with Crippen LogP contribution >= 0.6 is 0 Å². The molecule has 0 aliphatic heterocycles. The summed E-state index contributed by atoms with van der Waals surface area (Å²) < 4.78 is 0. The molecule has 0 saturated carbocycles. The van der Waals surface area contributed by atoms with Gasteiger partial charge >= 0.3 is 5.69 Å². The average molecular weight is 375 g/mol. The second kappa shape index (κ2) is 8.51. The maximum absolute atomic E-state index is 12.0. The van der Waals surface area contributed by atoms with Crippen molar-refractivity contribution in [2.75, 3.05) is 10.7 Å². The van der Waals surface area contributed by atoms with Gasteiger partial charge < -0.3 is 5.32 Å². The van der Waals surface area contributed by atoms with Crippen molar-refractivity contribution in [3.05, 3.63) is 56.4 Å². The number of rotatable bonds is 8. The highest BCUT2D eigenvalue weighted by Crippen LogP contribution is 2.28. The number of aromatic nitrogens is 2. The Kier molecular flexibility index (Phi) is 6.14. The van der Waals surface area contributed by atoms with E-state index in [1.54, 1.807) is 13.8 Å². The third-order valence-electron chi connectivity index (χ3n) is 3.26. The van der Waals surface area contributed by atoms with E-state index in [4.69, 9.17) is 0 Å². The molecule has 12 heteroatoms. The van der Waals surface area contributed by atoms with Gasteiger partial charge in [0, 0.05) is 18.2 Å². The smallest absolute Gasteiger partial charge is 0.354 e. The first-order chi connectivity index (χ1) is 12.8. The van der Waals surface area contributed by atoms with Gasteiger partial charge in [0.1, 0.15) is 6.33 Å². The summed E-state index contributed by atoms with van der Waals surface area (Å²) in [5.41, 5.74) is 4.79. The summed E-state index contributed by atoms with van der Waals surface area (Å²) >= 11 is 0. The van der Waals surface area contributed by atoms with E-state index in [1.165, 1.54) is 24.3 Å². The fourth-order valence-electron chi connectivity index (χ4n) is 2.12. The monoisotopic (exact) mass is 375 g/mol. The Morgan fingerprint density at radius 3 is 2.26 bits per heavy atom. The van der Waals surface area contributed by atoms with E-state index in [9.17, 15) is 25.0 Å². The zero-order valence-corrected chi connectivity index (χ0v) is 14.5. The number of nitro benzene ring substituents is 1. The lowest BCUT2D eigenvalue weighted by atomic mass is 10.1. The van der Waals surface area contributed by atoms with Gasteiger partial charge in [-0.25, -0.2) is 9.97 Å². The molecule has 2 aromatic rings. The predicted octanol–water partition coefficient (Wildman–Crippen LogP) is 1.80. The van der Waals surface area contributed by atoms with Crippen molar-refractivity contribution in [2.24, 2.45) is 0 Å². The normalized spacial score (nSPS) is 10.3. The minimum atomic E-state index is -0.657. The predicted molar refractivity (Wildman–Crippen MR) is 96.0 cm³/mol. The van der Waals surface area contributed by atoms with Crippen molar-refractivity contribution in [3.63, 3.8) is 0 Å². The number of amides is 1. The highest BCUT2D eigenvalue weighted by Gasteiger charge is 2.23. The fourth-order valence-corrected chi connectivity index (χ4v) is 2.12. The zero-order valence-electron chi connectivity index (χ0n) is 14.5. The minimum Gasteiger partial charge on any atom is -0.362 e. The third-order valence-corrected chi connectivity index (χ3v) is 3.26. The summed E-state index contributed by atoms with van der Waals surface area (Å²) in [7, 11) is 0. The molecule has 1 aromatic heterocycles. The molecule has 0 unspecified atom stereocenters. The van der Waals surface area contributed by atoms with E-state index < -0.39 is 21.4 Å². The van der Waals surface area contributed by atoms with Gasteiger partial charge in [-0.05, 0) is 19.4 Å². The maximum atomic E-state index is 12.0. The number of nitrogens with one attached hydrogen (secondary N) is 3. The number of nitro groups is 2. The molecule has 142 valence electrons. The minimum absolute atomic E-state index is 0.0251. The van der Waals surface area contributed by atoms with E-state index >= 15 is 0 Å². The molecule has 1 amide bonds. The Labute approximate surface area is 153 Å². The molecule has 1 heterocycles. The molecule has 12 nitrogen and oxygen atoms in total. The van der Waals surface area contributed by atoms with Gasteiger partial charge in [-0.2, -0.15) is 0 Å². The number of carbonyl (C=O) groups excluding carboxylic acids is 1. The van der Waals surface area contributed by atoms with Crippen LogP contribution < -0.4 is 16.2 Å². The molecular weight excluding hydrogens is 358 g/mol. The van der Waals surface area contributed by atoms with Gasteiger partial charge in [0.05, 0.1) is 16.3 Å². The molecule has 0 saturated heterocycles. The van der Waals surface area contributed by atoms with Gasteiger partial charge in [0.15, 0.2) is 0 Å². The first-order valence-corrected chi connectivity index (χ1v) is 7.82. The molecule has 0 aliphatic rings. The van der Waals surface area contributed by atoms with Crippen LogP contribution in [0.1, 0.15) is 19.4 Å². The molecule has 0 spiro atoms. The summed E-state index contributed by atoms with van der Waals surface area (Å²) in [6, 6.07) is 5.39. The highest BCUT2D eigenvalue weighted by atomic mass is 16.6. The van der Waals surface area contributed by atoms with Crippen molar-refractivity contribution in [2.45, 2.75) is 26.3 Å². The molecule has 3 N–H and O–H groups in total. The molecule has 0 fully saturated rings. The van der Waals surface area contributed by atoms with E-state index in [2.05, 4.69) is 26.1 Å². The molecule has 0 aliphatic carbocycles. The summed E-state index contributed by atoms with van der Waals surface area (Å²) in [5.74, 6) is -0.651. The van der Waals surface area contributed by atoms with Crippen LogP contribution in [0, 0.1) is 20.2 Å². The molecular formula is C15H17N7O5. The first kappa shape index (κ1) is 19.5.